The monoisotopic (exact) mass is 1870 g/mol. The molecule has 0 radical (unpaired) electrons. The van der Waals surface area contributed by atoms with Crippen molar-refractivity contribution in [2.75, 3.05) is 9.80 Å². The van der Waals surface area contributed by atoms with Crippen molar-refractivity contribution < 1.29 is 4.42 Å². The topological polar surface area (TPSA) is 24.6 Å². The molecule has 2 aromatic heterocycles. The molecule has 25 rings (SSSR count). The van der Waals surface area contributed by atoms with Gasteiger partial charge in [-0.3, -0.25) is 0 Å². The van der Waals surface area contributed by atoms with Crippen molar-refractivity contribution in [3.63, 3.8) is 0 Å². The molecule has 0 spiro atoms. The largest absolute Gasteiger partial charge is 0.455 e. The summed E-state index contributed by atoms with van der Waals surface area (Å²) in [6.07, 6.45) is 48.1. The molecule has 7 aliphatic carbocycles. The lowest BCUT2D eigenvalue weighted by Crippen LogP contribution is -2.15. The molecule has 18 aromatic rings. The summed E-state index contributed by atoms with van der Waals surface area (Å²) in [6.45, 7) is 9.58. The van der Waals surface area contributed by atoms with Crippen molar-refractivity contribution in [1.82, 2.24) is 4.57 Å². The van der Waals surface area contributed by atoms with Crippen LogP contribution < -0.4 is 9.80 Å². The minimum Gasteiger partial charge on any atom is -0.455 e. The van der Waals surface area contributed by atoms with Gasteiger partial charge in [0.25, 0.3) is 0 Å². The Labute approximate surface area is 850 Å². The van der Waals surface area contributed by atoms with Gasteiger partial charge in [0, 0.05) is 77.5 Å². The second kappa shape index (κ2) is 40.8. The fraction of sp³-hybridized carbons (Fsp3) is 0.338. The van der Waals surface area contributed by atoms with Crippen LogP contribution in [0.1, 0.15) is 339 Å². The van der Waals surface area contributed by atoms with E-state index < -0.39 is 0 Å². The summed E-state index contributed by atoms with van der Waals surface area (Å²) in [6, 6.07) is 128. The van der Waals surface area contributed by atoms with Crippen LogP contribution in [0.15, 0.2) is 332 Å². The van der Waals surface area contributed by atoms with Gasteiger partial charge in [0.15, 0.2) is 0 Å². The molecule has 0 atom stereocenters. The normalized spacial score (nSPS) is 17.6. The predicted octanol–water partition coefficient (Wildman–Crippen LogP) is 41.8. The molecule has 0 unspecified atom stereocenters. The van der Waals surface area contributed by atoms with Gasteiger partial charge in [-0.1, -0.05) is 431 Å². The maximum absolute atomic E-state index is 7.25. The fourth-order valence-electron chi connectivity index (χ4n) is 27.9. The first-order chi connectivity index (χ1) is 70.5. The first-order valence-corrected chi connectivity index (χ1v) is 56.1. The van der Waals surface area contributed by atoms with E-state index in [4.69, 9.17) is 4.42 Å². The van der Waals surface area contributed by atoms with Gasteiger partial charge in [-0.05, 0) is 295 Å². The van der Waals surface area contributed by atoms with Crippen LogP contribution in [0.5, 0.6) is 0 Å². The number of aromatic nitrogens is 1. The van der Waals surface area contributed by atoms with Crippen LogP contribution in [0.4, 0.5) is 34.1 Å². The number of hydrogen-bond donors (Lipinski definition) is 0. The van der Waals surface area contributed by atoms with Crippen LogP contribution in [0.3, 0.4) is 0 Å². The average molecular weight is 1870 g/mol. The van der Waals surface area contributed by atoms with Crippen molar-refractivity contribution in [1.29, 1.82) is 0 Å². The van der Waals surface area contributed by atoms with Crippen molar-refractivity contribution in [3.05, 3.63) is 378 Å². The SMILES string of the molecule is CC1(C)c2ccccc2-c2cc(-c3c(N(c4ccc(C5CCCCC5)cc4)c4ccc(C5CCCCC5)cc4)cc(-c4cccc5c4oc4c(C6CCCC6)cccc45)c4ccccc34)ccc21.CC1(C)c2ccccc2-c2cc(N(c3ccc(C4CCCCC4)cc3)c3ccc4ccccc4c3-c3cc(C4CCCCCCCCCCCCCCCCC4)cc(-n4c5ccccc5c5ccccc54)c3)ccc21. The maximum atomic E-state index is 7.25. The number of nitrogens with zero attached hydrogens (tertiary/aromatic N) is 3. The van der Waals surface area contributed by atoms with Gasteiger partial charge in [-0.15, -0.1) is 0 Å². The second-order valence-electron chi connectivity index (χ2n) is 45.1. The van der Waals surface area contributed by atoms with Crippen LogP contribution in [-0.2, 0) is 10.8 Å². The third-order valence-corrected chi connectivity index (χ3v) is 35.6. The predicted molar refractivity (Wildman–Crippen MR) is 610 cm³/mol. The van der Waals surface area contributed by atoms with Gasteiger partial charge in [-0.25, -0.2) is 0 Å². The van der Waals surface area contributed by atoms with E-state index in [0.29, 0.717) is 29.6 Å². The summed E-state index contributed by atoms with van der Waals surface area (Å²) >= 11 is 0. The number of para-hydroxylation sites is 4. The third-order valence-electron chi connectivity index (χ3n) is 35.6. The zero-order valence-corrected chi connectivity index (χ0v) is 85.3. The van der Waals surface area contributed by atoms with Crippen molar-refractivity contribution >= 4 is 99.4 Å². The molecule has 0 N–H and O–H groups in total. The number of benzene rings is 16. The Morgan fingerprint density at radius 2 is 0.608 bits per heavy atom. The average Bonchev–Trinajstić information content (AvgIpc) is 1.59. The first kappa shape index (κ1) is 92.6. The van der Waals surface area contributed by atoms with E-state index in [1.165, 1.54) is 425 Å². The minimum atomic E-state index is -0.0751. The van der Waals surface area contributed by atoms with Crippen LogP contribution in [0.25, 0.3) is 127 Å². The van der Waals surface area contributed by atoms with Gasteiger partial charge in [-0.2, -0.15) is 0 Å². The van der Waals surface area contributed by atoms with Crippen molar-refractivity contribution in [2.45, 2.75) is 299 Å². The molecular formula is C139H143N3O. The van der Waals surface area contributed by atoms with Gasteiger partial charge in [0.05, 0.1) is 22.4 Å². The summed E-state index contributed by atoms with van der Waals surface area (Å²) in [5, 5.41) is 10.1. The fourth-order valence-corrected chi connectivity index (χ4v) is 27.9. The van der Waals surface area contributed by atoms with E-state index in [9.17, 15) is 0 Å². The Morgan fingerprint density at radius 3 is 1.14 bits per heavy atom. The van der Waals surface area contributed by atoms with E-state index >= 15 is 0 Å². The molecule has 4 nitrogen and oxygen atoms in total. The molecule has 2 heterocycles. The number of fused-ring (bicyclic) bond motifs is 14. The highest BCUT2D eigenvalue weighted by Crippen LogP contribution is 2.58. The number of hydrogen-bond acceptors (Lipinski definition) is 3. The molecule has 5 saturated carbocycles. The zero-order chi connectivity index (χ0) is 95.9. The summed E-state index contributed by atoms with van der Waals surface area (Å²) in [5.41, 5.74) is 38.7. The lowest BCUT2D eigenvalue weighted by molar-refractivity contribution is 0.443. The van der Waals surface area contributed by atoms with E-state index in [0.717, 1.165) is 16.7 Å². The molecule has 720 valence electrons. The van der Waals surface area contributed by atoms with E-state index in [1.54, 1.807) is 0 Å². The molecule has 143 heavy (non-hydrogen) atoms. The molecule has 16 aromatic carbocycles. The maximum Gasteiger partial charge on any atom is 0.143 e. The molecule has 4 heteroatoms. The standard InChI is InChI=1S/C73H80N2.C66H63NO/c1-73(2)67-38-26-23-35-63(67)66-52-60(46-47-68(66)73)74(59-44-41-55(42-45-59)53-29-19-16-20-30-53)71-48-43-56-33-21-22-34-62(56)72(71)58-49-57(54-31-17-14-12-10-8-6-4-3-5-7-9-11-13-15-18-32-54)50-61(51-58)75-69-39-27-24-36-64(69)65-37-25-28-40-70(65)75;1-66(2)60-30-14-13-24-53(60)59-41-48(35-40-61(59)66)63-54-25-12-11-23-52(54)58(57-29-16-28-56-55-27-15-26-51(47-21-9-10-22-47)64(55)68-65(56)57)42-62(63)67(49-36-31-45(32-37-49)43-17-5-3-6-18-43)50-38-33-46(34-39-50)44-19-7-4-8-20-44/h21-28,33-54H,3-20,29-32H2,1-2H3;11-16,23-44,47H,3-10,17-22H2,1-2H3. The molecule has 0 saturated heterocycles. The molecule has 0 amide bonds. The highest BCUT2D eigenvalue weighted by molar-refractivity contribution is 6.18. The molecule has 5 fully saturated rings. The van der Waals surface area contributed by atoms with Crippen LogP contribution in [0.2, 0.25) is 0 Å². The summed E-state index contributed by atoms with van der Waals surface area (Å²) in [4.78, 5) is 5.20. The smallest absolute Gasteiger partial charge is 0.143 e. The summed E-state index contributed by atoms with van der Waals surface area (Å²) in [7, 11) is 0. The quantitative estimate of drug-likeness (QED) is 0.102. The second-order valence-corrected chi connectivity index (χ2v) is 45.1. The summed E-state index contributed by atoms with van der Waals surface area (Å²) < 4.78 is 9.83. The van der Waals surface area contributed by atoms with E-state index in [-0.39, 0.29) is 10.8 Å². The lowest BCUT2D eigenvalue weighted by Gasteiger charge is -2.31. The first-order valence-electron chi connectivity index (χ1n) is 56.1. The van der Waals surface area contributed by atoms with Gasteiger partial charge in [0.2, 0.25) is 0 Å². The van der Waals surface area contributed by atoms with E-state index in [1.807, 2.05) is 0 Å². The molecule has 7 aliphatic rings. The van der Waals surface area contributed by atoms with Crippen molar-refractivity contribution in [2.24, 2.45) is 0 Å². The lowest BCUT2D eigenvalue weighted by atomic mass is 9.82. The molecule has 0 aliphatic heterocycles. The van der Waals surface area contributed by atoms with Gasteiger partial charge < -0.3 is 18.8 Å². The third kappa shape index (κ3) is 18.0. The number of anilines is 6. The van der Waals surface area contributed by atoms with Crippen molar-refractivity contribution in [3.8, 4) is 61.3 Å². The Balaban J connectivity index is 0.000000155. The zero-order valence-electron chi connectivity index (χ0n) is 85.3. The Morgan fingerprint density at radius 1 is 0.231 bits per heavy atom. The molecular weight excluding hydrogens is 1730 g/mol. The van der Waals surface area contributed by atoms with Crippen LogP contribution in [0, 0.1) is 0 Å². The number of furan rings is 1. The highest BCUT2D eigenvalue weighted by atomic mass is 16.3. The Hall–Kier alpha value is -12.8. The number of rotatable bonds is 15. The minimum absolute atomic E-state index is 0.0712. The van der Waals surface area contributed by atoms with Gasteiger partial charge >= 0.3 is 0 Å². The molecule has 0 bridgehead atoms. The van der Waals surface area contributed by atoms with E-state index in [2.05, 4.69) is 370 Å². The Bertz CT molecular complexity index is 7500. The van der Waals surface area contributed by atoms with Gasteiger partial charge in [0.1, 0.15) is 11.2 Å². The Kier molecular flexibility index (Phi) is 26.4. The summed E-state index contributed by atoms with van der Waals surface area (Å²) in [5.74, 6) is 2.97. The van der Waals surface area contributed by atoms with Crippen LogP contribution in [-0.4, -0.2) is 4.57 Å². The highest BCUT2D eigenvalue weighted by Gasteiger charge is 2.39. The van der Waals surface area contributed by atoms with Crippen LogP contribution >= 0.6 is 0 Å².